The van der Waals surface area contributed by atoms with Gasteiger partial charge in [0.1, 0.15) is 17.5 Å². The molecule has 8 nitrogen and oxygen atoms in total. The first-order valence-electron chi connectivity index (χ1n) is 21.2. The van der Waals surface area contributed by atoms with Crippen molar-refractivity contribution in [2.75, 3.05) is 0 Å². The molecular weight excluding hydrogens is 749 g/mol. The molecule has 0 radical (unpaired) electrons. The van der Waals surface area contributed by atoms with E-state index in [0.29, 0.717) is 29.4 Å². The van der Waals surface area contributed by atoms with Gasteiger partial charge in [-0.1, -0.05) is 131 Å². The summed E-state index contributed by atoms with van der Waals surface area (Å²) in [6.45, 7) is 11.0. The Morgan fingerprint density at radius 1 is 0.656 bits per heavy atom. The number of fused-ring (bicyclic) bond motifs is 2. The standard InChI is InChI=1S/C53H50N8/c1-34(2)37-24-28-44(29-25-37)60-48-14-8-6-12-46(48)57-52(60)41-20-16-39(17-21-41)50(54)59-51(56-36(5)43-11-10-32-55-33-43)40-18-22-42(23-19-40)53-58-47-13-7-9-15-49(47)61(53)45-30-26-38(27-31-45)35(3)4/h6-26,28-36,38H,27H2,1-5H3,(H2,54,56,59). The molecule has 1 aliphatic carbocycles. The van der Waals surface area contributed by atoms with Crippen molar-refractivity contribution >= 4 is 39.4 Å². The average molecular weight is 799 g/mol. The number of rotatable bonds is 10. The molecule has 0 aliphatic heterocycles. The molecule has 3 aromatic heterocycles. The molecule has 1 aliphatic rings. The van der Waals surface area contributed by atoms with Crippen LogP contribution in [0.1, 0.15) is 75.3 Å². The van der Waals surface area contributed by atoms with E-state index >= 15 is 0 Å². The van der Waals surface area contributed by atoms with Crippen molar-refractivity contribution in [3.63, 3.8) is 0 Å². The highest BCUT2D eigenvalue weighted by Gasteiger charge is 2.20. The first kappa shape index (κ1) is 39.3. The quantitative estimate of drug-likeness (QED) is 0.110. The maximum atomic E-state index is 6.86. The predicted molar refractivity (Wildman–Crippen MR) is 252 cm³/mol. The van der Waals surface area contributed by atoms with E-state index in [1.807, 2.05) is 49.5 Å². The summed E-state index contributed by atoms with van der Waals surface area (Å²) in [7, 11) is 0. The van der Waals surface area contributed by atoms with Crippen LogP contribution in [0.4, 0.5) is 0 Å². The van der Waals surface area contributed by atoms with Crippen LogP contribution in [0.25, 0.3) is 56.2 Å². The molecule has 0 bridgehead atoms. The van der Waals surface area contributed by atoms with Crippen molar-refractivity contribution < 1.29 is 0 Å². The zero-order valence-corrected chi connectivity index (χ0v) is 35.3. The highest BCUT2D eigenvalue weighted by atomic mass is 15.1. The molecule has 8 heteroatoms. The number of aliphatic imine (C=N–C) groups is 2. The van der Waals surface area contributed by atoms with E-state index in [-0.39, 0.29) is 6.04 Å². The van der Waals surface area contributed by atoms with Crippen LogP contribution in [0.5, 0.6) is 0 Å². The third kappa shape index (κ3) is 7.97. The van der Waals surface area contributed by atoms with Gasteiger partial charge >= 0.3 is 0 Å². The second-order valence-electron chi connectivity index (χ2n) is 16.5. The monoisotopic (exact) mass is 798 g/mol. The highest BCUT2D eigenvalue weighted by molar-refractivity contribution is 6.11. The maximum absolute atomic E-state index is 6.86. The van der Waals surface area contributed by atoms with Crippen LogP contribution in [-0.4, -0.2) is 35.8 Å². The van der Waals surface area contributed by atoms with Gasteiger partial charge in [0, 0.05) is 46.0 Å². The number of hydrogen-bond donors (Lipinski definition) is 1. The van der Waals surface area contributed by atoms with Gasteiger partial charge in [-0.05, 0) is 90.8 Å². The normalized spacial score (nSPS) is 15.3. The minimum Gasteiger partial charge on any atom is -0.383 e. The topological polar surface area (TPSA) is 99.3 Å². The summed E-state index contributed by atoms with van der Waals surface area (Å²) in [6.07, 6.45) is 11.5. The molecule has 9 rings (SSSR count). The van der Waals surface area contributed by atoms with Crippen LogP contribution < -0.4 is 5.73 Å². The van der Waals surface area contributed by atoms with Gasteiger partial charge in [-0.25, -0.2) is 15.0 Å². The fourth-order valence-corrected chi connectivity index (χ4v) is 8.04. The molecule has 2 N–H and O–H groups in total. The molecule has 2 unspecified atom stereocenters. The van der Waals surface area contributed by atoms with Crippen LogP contribution >= 0.6 is 0 Å². The summed E-state index contributed by atoms with van der Waals surface area (Å²) in [5, 5.41) is 0. The van der Waals surface area contributed by atoms with Crippen molar-refractivity contribution in [2.45, 2.75) is 53.0 Å². The Bertz CT molecular complexity index is 2940. The van der Waals surface area contributed by atoms with Crippen LogP contribution in [-0.2, 0) is 0 Å². The van der Waals surface area contributed by atoms with E-state index < -0.39 is 0 Å². The minimum absolute atomic E-state index is 0.214. The number of para-hydroxylation sites is 4. The van der Waals surface area contributed by atoms with Gasteiger partial charge in [0.05, 0.1) is 28.1 Å². The Balaban J connectivity index is 1.06. The lowest BCUT2D eigenvalue weighted by Gasteiger charge is -2.21. The van der Waals surface area contributed by atoms with E-state index in [2.05, 4.69) is 157 Å². The molecule has 0 amide bonds. The average Bonchev–Trinajstić information content (AvgIpc) is 3.89. The number of amidine groups is 2. The van der Waals surface area contributed by atoms with Gasteiger partial charge < -0.3 is 5.73 Å². The fraction of sp³-hybridized carbons (Fsp3) is 0.189. The number of hydrogen-bond acceptors (Lipinski definition) is 4. The van der Waals surface area contributed by atoms with Gasteiger partial charge in [0.25, 0.3) is 0 Å². The van der Waals surface area contributed by atoms with Gasteiger partial charge in [-0.2, -0.15) is 0 Å². The smallest absolute Gasteiger partial charge is 0.157 e. The fourth-order valence-electron chi connectivity index (χ4n) is 8.04. The van der Waals surface area contributed by atoms with Gasteiger partial charge in [0.15, 0.2) is 5.84 Å². The largest absolute Gasteiger partial charge is 0.383 e. The van der Waals surface area contributed by atoms with Gasteiger partial charge in [0.2, 0.25) is 0 Å². The van der Waals surface area contributed by atoms with Crippen LogP contribution in [0.15, 0.2) is 174 Å². The molecule has 0 saturated heterocycles. The third-order valence-corrected chi connectivity index (χ3v) is 11.7. The van der Waals surface area contributed by atoms with E-state index in [0.717, 1.165) is 79.3 Å². The van der Waals surface area contributed by atoms with Gasteiger partial charge in [-0.3, -0.25) is 19.1 Å². The first-order chi connectivity index (χ1) is 29.7. The molecule has 2 atom stereocenters. The molecule has 3 heterocycles. The number of imidazole rings is 2. The molecule has 8 aromatic rings. The Kier molecular flexibility index (Phi) is 10.8. The van der Waals surface area contributed by atoms with Crippen LogP contribution in [0, 0.1) is 11.8 Å². The lowest BCUT2D eigenvalue weighted by atomic mass is 9.89. The van der Waals surface area contributed by atoms with Crippen LogP contribution in [0.3, 0.4) is 0 Å². The van der Waals surface area contributed by atoms with Crippen molar-refractivity contribution in [1.29, 1.82) is 0 Å². The van der Waals surface area contributed by atoms with Crippen molar-refractivity contribution in [2.24, 2.45) is 27.6 Å². The predicted octanol–water partition coefficient (Wildman–Crippen LogP) is 12.2. The molecule has 0 saturated carbocycles. The summed E-state index contributed by atoms with van der Waals surface area (Å²) >= 11 is 0. The lowest BCUT2D eigenvalue weighted by Crippen LogP contribution is -2.17. The molecular formula is C53H50N8. The Morgan fingerprint density at radius 2 is 1.26 bits per heavy atom. The highest BCUT2D eigenvalue weighted by Crippen LogP contribution is 2.34. The third-order valence-electron chi connectivity index (χ3n) is 11.7. The van der Waals surface area contributed by atoms with Crippen LogP contribution in [0.2, 0.25) is 0 Å². The van der Waals surface area contributed by atoms with E-state index in [1.54, 1.807) is 6.20 Å². The zero-order chi connectivity index (χ0) is 42.0. The minimum atomic E-state index is -0.214. The Labute approximate surface area is 357 Å². The van der Waals surface area contributed by atoms with Crippen molar-refractivity contribution in [3.8, 4) is 28.5 Å². The Hall–Kier alpha value is -7.19. The maximum Gasteiger partial charge on any atom is 0.157 e. The summed E-state index contributed by atoms with van der Waals surface area (Å²) in [5.74, 6) is 4.21. The molecule has 302 valence electrons. The number of benzene rings is 5. The van der Waals surface area contributed by atoms with Crippen molar-refractivity contribution in [1.82, 2.24) is 24.1 Å². The molecule has 0 fully saturated rings. The number of pyridine rings is 1. The first-order valence-corrected chi connectivity index (χ1v) is 21.2. The molecule has 5 aromatic carbocycles. The number of nitrogens with two attached hydrogens (primary N) is 1. The second kappa shape index (κ2) is 16.8. The van der Waals surface area contributed by atoms with Gasteiger partial charge in [-0.15, -0.1) is 0 Å². The van der Waals surface area contributed by atoms with E-state index in [4.69, 9.17) is 25.7 Å². The Morgan fingerprint density at radius 3 is 1.84 bits per heavy atom. The number of nitrogens with zero attached hydrogens (tertiary/aromatic N) is 7. The number of aromatic nitrogens is 5. The summed E-state index contributed by atoms with van der Waals surface area (Å²) in [5.41, 5.74) is 19.0. The molecule has 61 heavy (non-hydrogen) atoms. The van der Waals surface area contributed by atoms with Crippen molar-refractivity contribution in [3.05, 3.63) is 186 Å². The van der Waals surface area contributed by atoms with E-state index in [1.165, 1.54) is 5.56 Å². The molecule has 0 spiro atoms. The SMILES string of the molecule is CC(C)c1ccc(-n2c(-c3ccc(C(N)=NC(=NC(C)c4cccnc4)c4ccc(-c5nc6ccccc6n5C5=CCC(C(C)C)C=C5)cc4)cc3)nc3ccccc32)cc1. The summed E-state index contributed by atoms with van der Waals surface area (Å²) < 4.78 is 4.49. The number of allylic oxidation sites excluding steroid dienone is 4. The lowest BCUT2D eigenvalue weighted by molar-refractivity contribution is 0.468. The van der Waals surface area contributed by atoms with E-state index in [9.17, 15) is 0 Å². The summed E-state index contributed by atoms with van der Waals surface area (Å²) in [4.78, 5) is 24.7. The second-order valence-corrected chi connectivity index (χ2v) is 16.5. The zero-order valence-electron chi connectivity index (χ0n) is 35.3. The summed E-state index contributed by atoms with van der Waals surface area (Å²) in [6, 6.07) is 45.5.